The molecule has 1 amide bonds. The lowest BCUT2D eigenvalue weighted by molar-refractivity contribution is -0.385. The highest BCUT2D eigenvalue weighted by atomic mass is 32.2. The van der Waals surface area contributed by atoms with E-state index in [-0.39, 0.29) is 34.5 Å². The van der Waals surface area contributed by atoms with Crippen LogP contribution in [0.3, 0.4) is 0 Å². The summed E-state index contributed by atoms with van der Waals surface area (Å²) >= 11 is 1.22. The second-order valence-corrected chi connectivity index (χ2v) is 8.98. The number of H-pyrrole nitrogens is 1. The van der Waals surface area contributed by atoms with Crippen LogP contribution in [0.2, 0.25) is 0 Å². The molecule has 1 saturated heterocycles. The normalized spacial score (nSPS) is 23.7. The quantitative estimate of drug-likeness (QED) is 0.584. The maximum Gasteiger partial charge on any atom is 0.274 e. The number of nitro groups is 1. The van der Waals surface area contributed by atoms with Gasteiger partial charge in [-0.1, -0.05) is 18.2 Å². The summed E-state index contributed by atoms with van der Waals surface area (Å²) < 4.78 is 7.49. The van der Waals surface area contributed by atoms with Crippen molar-refractivity contribution in [3.8, 4) is 0 Å². The van der Waals surface area contributed by atoms with E-state index < -0.39 is 10.2 Å². The zero-order chi connectivity index (χ0) is 20.8. The van der Waals surface area contributed by atoms with Gasteiger partial charge in [0.1, 0.15) is 5.82 Å². The second-order valence-electron chi connectivity index (χ2n) is 7.88. The molecule has 154 valence electrons. The molecule has 2 N–H and O–H groups in total. The van der Waals surface area contributed by atoms with Crippen molar-refractivity contribution >= 4 is 29.2 Å². The molecule has 0 spiro atoms. The predicted molar refractivity (Wildman–Crippen MR) is 109 cm³/mol. The van der Waals surface area contributed by atoms with Gasteiger partial charge in [-0.2, -0.15) is 0 Å². The minimum absolute atomic E-state index is 0.0509. The number of aromatic nitrogens is 2. The van der Waals surface area contributed by atoms with E-state index in [1.807, 2.05) is 13.8 Å². The lowest BCUT2D eigenvalue weighted by Crippen LogP contribution is -2.36. The Labute approximate surface area is 170 Å². The predicted octanol–water partition coefficient (Wildman–Crippen LogP) is 2.99. The number of para-hydroxylation sites is 1. The first-order valence-electron chi connectivity index (χ1n) is 9.40. The smallest absolute Gasteiger partial charge is 0.274 e. The van der Waals surface area contributed by atoms with Gasteiger partial charge in [0.25, 0.3) is 11.2 Å². The Hall–Kier alpha value is -2.59. The van der Waals surface area contributed by atoms with Gasteiger partial charge >= 0.3 is 0 Å². The first-order chi connectivity index (χ1) is 13.8. The monoisotopic (exact) mass is 418 g/mol. The molecule has 29 heavy (non-hydrogen) atoms. The number of nitro benzene ring substituents is 1. The van der Waals surface area contributed by atoms with Crippen molar-refractivity contribution in [2.24, 2.45) is 0 Å². The van der Waals surface area contributed by atoms with Gasteiger partial charge in [0.05, 0.1) is 33.1 Å². The van der Waals surface area contributed by atoms with Gasteiger partial charge < -0.3 is 10.1 Å². The zero-order valence-electron chi connectivity index (χ0n) is 16.1. The molecule has 0 unspecified atom stereocenters. The van der Waals surface area contributed by atoms with E-state index in [2.05, 4.69) is 10.4 Å². The molecule has 2 aromatic rings. The van der Waals surface area contributed by atoms with Crippen LogP contribution in [-0.4, -0.2) is 38.6 Å². The number of nitrogens with zero attached hydrogens (tertiary/aromatic N) is 2. The molecule has 2 aliphatic rings. The maximum atomic E-state index is 13.0. The Kier molecular flexibility index (Phi) is 4.99. The fraction of sp³-hybridized carbons (Fsp3) is 0.474. The molecule has 1 fully saturated rings. The fourth-order valence-corrected chi connectivity index (χ4v) is 5.21. The maximum absolute atomic E-state index is 13.0. The van der Waals surface area contributed by atoms with Crippen molar-refractivity contribution in [1.82, 2.24) is 9.78 Å². The van der Waals surface area contributed by atoms with Crippen LogP contribution in [0.5, 0.6) is 0 Å². The Morgan fingerprint density at radius 2 is 2.07 bits per heavy atom. The summed E-state index contributed by atoms with van der Waals surface area (Å²) in [4.78, 5) is 36.5. The SMILES string of the molecule is CC1(C)C[C@@H](n2[nH]c(=O)c3c2NC(=O)CS[C@@H]3c2ccccc2[N+](=O)[O-])CCO1. The standard InChI is InChI=1S/C19H22N4O5S/c1-19(2)9-11(7-8-28-19)22-17-15(18(25)21-22)16(29-10-14(24)20-17)12-5-3-4-6-13(12)23(26)27/h3-6,11,16H,7-10H2,1-2H3,(H,20,24)(H,21,25)/t11-,16+/m0/s1. The van der Waals surface area contributed by atoms with Crippen molar-refractivity contribution in [3.05, 3.63) is 55.9 Å². The molecule has 1 aromatic carbocycles. The van der Waals surface area contributed by atoms with Crippen LogP contribution in [0, 0.1) is 10.1 Å². The van der Waals surface area contributed by atoms with Crippen LogP contribution < -0.4 is 10.9 Å². The number of ether oxygens (including phenoxy) is 1. The molecule has 9 nitrogen and oxygen atoms in total. The van der Waals surface area contributed by atoms with Gasteiger partial charge in [-0.05, 0) is 26.7 Å². The lowest BCUT2D eigenvalue weighted by Gasteiger charge is -2.36. The van der Waals surface area contributed by atoms with Crippen LogP contribution >= 0.6 is 11.8 Å². The largest absolute Gasteiger partial charge is 0.375 e. The minimum atomic E-state index is -0.622. The van der Waals surface area contributed by atoms with Crippen LogP contribution in [0.4, 0.5) is 11.5 Å². The summed E-state index contributed by atoms with van der Waals surface area (Å²) in [6.45, 7) is 4.52. The molecule has 0 saturated carbocycles. The summed E-state index contributed by atoms with van der Waals surface area (Å²) in [5.74, 6) is 0.261. The average molecular weight is 418 g/mol. The van der Waals surface area contributed by atoms with Crippen LogP contribution in [0.1, 0.15) is 49.1 Å². The summed E-state index contributed by atoms with van der Waals surface area (Å²) in [5, 5.41) is 16.6. The molecule has 3 heterocycles. The van der Waals surface area contributed by atoms with E-state index in [4.69, 9.17) is 4.74 Å². The molecular weight excluding hydrogens is 396 g/mol. The number of aromatic amines is 1. The van der Waals surface area contributed by atoms with Gasteiger partial charge in [0.15, 0.2) is 0 Å². The van der Waals surface area contributed by atoms with Crippen molar-refractivity contribution in [1.29, 1.82) is 0 Å². The molecule has 4 rings (SSSR count). The zero-order valence-corrected chi connectivity index (χ0v) is 17.0. The first-order valence-corrected chi connectivity index (χ1v) is 10.4. The highest BCUT2D eigenvalue weighted by Crippen LogP contribution is 2.44. The Morgan fingerprint density at radius 1 is 1.31 bits per heavy atom. The molecule has 0 aliphatic carbocycles. The van der Waals surface area contributed by atoms with E-state index in [0.29, 0.717) is 36.4 Å². The molecular formula is C19H22N4O5S. The molecule has 10 heteroatoms. The summed E-state index contributed by atoms with van der Waals surface area (Å²) in [6, 6.07) is 6.30. The second kappa shape index (κ2) is 7.34. The first kappa shape index (κ1) is 19.7. The molecule has 0 radical (unpaired) electrons. The van der Waals surface area contributed by atoms with E-state index in [1.54, 1.807) is 22.9 Å². The van der Waals surface area contributed by atoms with Crippen molar-refractivity contribution < 1.29 is 14.5 Å². The third-order valence-electron chi connectivity index (χ3n) is 5.32. The van der Waals surface area contributed by atoms with Crippen LogP contribution in [0.25, 0.3) is 0 Å². The number of nitrogens with one attached hydrogen (secondary N) is 2. The topological polar surface area (TPSA) is 119 Å². The number of thioether (sulfide) groups is 1. The number of benzene rings is 1. The number of anilines is 1. The average Bonchev–Trinajstić information content (AvgIpc) is 2.87. The van der Waals surface area contributed by atoms with Crippen molar-refractivity contribution in [2.75, 3.05) is 17.7 Å². The summed E-state index contributed by atoms with van der Waals surface area (Å²) in [5.41, 5.74) is -0.0000199. The fourth-order valence-electron chi connectivity index (χ4n) is 4.06. The number of rotatable bonds is 3. The highest BCUT2D eigenvalue weighted by molar-refractivity contribution is 8.00. The number of hydrogen-bond donors (Lipinski definition) is 2. The summed E-state index contributed by atoms with van der Waals surface area (Å²) in [7, 11) is 0. The third-order valence-corrected chi connectivity index (χ3v) is 6.57. The molecule has 0 bridgehead atoms. The van der Waals surface area contributed by atoms with Gasteiger partial charge in [0.2, 0.25) is 5.91 Å². The van der Waals surface area contributed by atoms with Crippen molar-refractivity contribution in [2.45, 2.75) is 43.6 Å². The van der Waals surface area contributed by atoms with E-state index >= 15 is 0 Å². The Bertz CT molecular complexity index is 1030. The number of carbonyl (C=O) groups is 1. The van der Waals surface area contributed by atoms with Gasteiger partial charge in [-0.3, -0.25) is 29.5 Å². The van der Waals surface area contributed by atoms with Gasteiger partial charge in [-0.15, -0.1) is 11.8 Å². The third kappa shape index (κ3) is 3.69. The number of hydrogen-bond acceptors (Lipinski definition) is 6. The molecule has 1 aromatic heterocycles. The minimum Gasteiger partial charge on any atom is -0.375 e. The Balaban J connectivity index is 1.85. The molecule has 2 atom stereocenters. The van der Waals surface area contributed by atoms with E-state index in [9.17, 15) is 19.7 Å². The van der Waals surface area contributed by atoms with Gasteiger partial charge in [0, 0.05) is 18.2 Å². The molecule has 2 aliphatic heterocycles. The number of amides is 1. The Morgan fingerprint density at radius 3 is 2.79 bits per heavy atom. The van der Waals surface area contributed by atoms with Gasteiger partial charge in [-0.25, -0.2) is 0 Å². The lowest BCUT2D eigenvalue weighted by atomic mass is 9.94. The van der Waals surface area contributed by atoms with E-state index in [1.165, 1.54) is 17.8 Å². The number of carbonyl (C=O) groups excluding carboxylic acids is 1. The number of fused-ring (bicyclic) bond motifs is 1. The van der Waals surface area contributed by atoms with Crippen LogP contribution in [0.15, 0.2) is 29.1 Å². The van der Waals surface area contributed by atoms with Crippen LogP contribution in [-0.2, 0) is 9.53 Å². The van der Waals surface area contributed by atoms with Crippen molar-refractivity contribution in [3.63, 3.8) is 0 Å². The highest BCUT2D eigenvalue weighted by Gasteiger charge is 2.37. The van der Waals surface area contributed by atoms with E-state index in [0.717, 1.165) is 0 Å². The summed E-state index contributed by atoms with van der Waals surface area (Å²) in [6.07, 6.45) is 1.36.